The van der Waals surface area contributed by atoms with Gasteiger partial charge in [-0.05, 0) is 43.2 Å². The minimum absolute atomic E-state index is 0.0396. The maximum absolute atomic E-state index is 12.5. The van der Waals surface area contributed by atoms with Gasteiger partial charge in [0.1, 0.15) is 11.5 Å². The van der Waals surface area contributed by atoms with Crippen LogP contribution in [0.3, 0.4) is 0 Å². The number of nitrogen functional groups attached to an aromatic ring is 1. The van der Waals surface area contributed by atoms with Crippen LogP contribution < -0.4 is 20.5 Å². The Bertz CT molecular complexity index is 771. The third-order valence-corrected chi connectivity index (χ3v) is 4.37. The zero-order valence-electron chi connectivity index (χ0n) is 14.5. The smallest absolute Gasteiger partial charge is 0.253 e. The molecule has 1 fully saturated rings. The largest absolute Gasteiger partial charge is 0.497 e. The minimum Gasteiger partial charge on any atom is -0.497 e. The molecule has 1 amide bonds. The van der Waals surface area contributed by atoms with Gasteiger partial charge in [-0.25, -0.2) is 0 Å². The first-order valence-electron chi connectivity index (χ1n) is 8.30. The van der Waals surface area contributed by atoms with Gasteiger partial charge in [0, 0.05) is 24.7 Å². The molecule has 1 aliphatic heterocycles. The van der Waals surface area contributed by atoms with E-state index in [1.54, 1.807) is 32.4 Å². The number of rotatable bonds is 5. The topological polar surface area (TPSA) is 76.8 Å². The van der Waals surface area contributed by atoms with Crippen LogP contribution in [-0.2, 0) is 0 Å². The number of amides is 1. The van der Waals surface area contributed by atoms with Crippen LogP contribution in [0.25, 0.3) is 0 Å². The molecule has 2 aromatic carbocycles. The SMILES string of the molecule is COc1ccc(Nc2ccc(C(=O)N3CCCC3)cc2N)c(OC)c1. The molecule has 1 aliphatic rings. The molecule has 25 heavy (non-hydrogen) atoms. The molecule has 1 saturated heterocycles. The Labute approximate surface area is 147 Å². The number of nitrogens with two attached hydrogens (primary N) is 1. The van der Waals surface area contributed by atoms with Gasteiger partial charge in [0.15, 0.2) is 0 Å². The Morgan fingerprint density at radius 3 is 2.40 bits per heavy atom. The van der Waals surface area contributed by atoms with Gasteiger partial charge in [-0.3, -0.25) is 4.79 Å². The molecule has 3 rings (SSSR count). The van der Waals surface area contributed by atoms with Crippen molar-refractivity contribution >= 4 is 23.0 Å². The van der Waals surface area contributed by atoms with E-state index in [0.29, 0.717) is 22.7 Å². The average Bonchev–Trinajstić information content (AvgIpc) is 3.17. The number of likely N-dealkylation sites (tertiary alicyclic amines) is 1. The third kappa shape index (κ3) is 3.63. The summed E-state index contributed by atoms with van der Waals surface area (Å²) in [5.41, 5.74) is 8.78. The molecule has 0 saturated carbocycles. The van der Waals surface area contributed by atoms with Crippen LogP contribution >= 0.6 is 0 Å². The molecule has 0 aromatic heterocycles. The lowest BCUT2D eigenvalue weighted by atomic mass is 10.1. The van der Waals surface area contributed by atoms with E-state index in [-0.39, 0.29) is 5.91 Å². The molecule has 0 atom stereocenters. The van der Waals surface area contributed by atoms with Crippen LogP contribution in [-0.4, -0.2) is 38.1 Å². The Morgan fingerprint density at radius 2 is 1.76 bits per heavy atom. The highest BCUT2D eigenvalue weighted by Crippen LogP contribution is 2.33. The summed E-state index contributed by atoms with van der Waals surface area (Å²) >= 11 is 0. The summed E-state index contributed by atoms with van der Waals surface area (Å²) in [5, 5.41) is 3.25. The number of nitrogens with zero attached hydrogens (tertiary/aromatic N) is 1. The molecule has 0 unspecified atom stereocenters. The second kappa shape index (κ2) is 7.34. The molecule has 6 nitrogen and oxygen atoms in total. The van der Waals surface area contributed by atoms with Gasteiger partial charge in [0.25, 0.3) is 5.91 Å². The lowest BCUT2D eigenvalue weighted by molar-refractivity contribution is 0.0793. The highest BCUT2D eigenvalue weighted by atomic mass is 16.5. The molecule has 0 bridgehead atoms. The first-order valence-corrected chi connectivity index (χ1v) is 8.30. The van der Waals surface area contributed by atoms with Gasteiger partial charge in [0.05, 0.1) is 31.3 Å². The van der Waals surface area contributed by atoms with Crippen molar-refractivity contribution in [2.24, 2.45) is 0 Å². The van der Waals surface area contributed by atoms with Gasteiger partial charge in [-0.15, -0.1) is 0 Å². The second-order valence-electron chi connectivity index (χ2n) is 5.99. The Kier molecular flexibility index (Phi) is 4.97. The van der Waals surface area contributed by atoms with E-state index >= 15 is 0 Å². The fraction of sp³-hybridized carbons (Fsp3) is 0.316. The minimum atomic E-state index is 0.0396. The summed E-state index contributed by atoms with van der Waals surface area (Å²) in [6.45, 7) is 1.64. The zero-order valence-corrected chi connectivity index (χ0v) is 14.5. The van der Waals surface area contributed by atoms with Crippen molar-refractivity contribution in [2.75, 3.05) is 38.4 Å². The van der Waals surface area contributed by atoms with E-state index in [4.69, 9.17) is 15.2 Å². The molecular formula is C19H23N3O3. The van der Waals surface area contributed by atoms with Gasteiger partial charge in [0.2, 0.25) is 0 Å². The van der Waals surface area contributed by atoms with Gasteiger partial charge in [-0.1, -0.05) is 0 Å². The molecule has 6 heteroatoms. The number of anilines is 3. The van der Waals surface area contributed by atoms with Crippen molar-refractivity contribution in [3.8, 4) is 11.5 Å². The quantitative estimate of drug-likeness (QED) is 0.816. The number of benzene rings is 2. The van der Waals surface area contributed by atoms with E-state index < -0.39 is 0 Å². The van der Waals surface area contributed by atoms with Crippen molar-refractivity contribution < 1.29 is 14.3 Å². The van der Waals surface area contributed by atoms with Crippen molar-refractivity contribution in [1.82, 2.24) is 4.90 Å². The highest BCUT2D eigenvalue weighted by Gasteiger charge is 2.20. The highest BCUT2D eigenvalue weighted by molar-refractivity contribution is 5.96. The summed E-state index contributed by atoms with van der Waals surface area (Å²) in [4.78, 5) is 14.3. The van der Waals surface area contributed by atoms with E-state index in [1.807, 2.05) is 23.1 Å². The first-order chi connectivity index (χ1) is 12.1. The summed E-state index contributed by atoms with van der Waals surface area (Å²) < 4.78 is 10.6. The molecule has 1 heterocycles. The number of hydrogen-bond acceptors (Lipinski definition) is 5. The van der Waals surface area contributed by atoms with E-state index in [9.17, 15) is 4.79 Å². The zero-order chi connectivity index (χ0) is 17.8. The summed E-state index contributed by atoms with van der Waals surface area (Å²) in [6.07, 6.45) is 2.14. The lowest BCUT2D eigenvalue weighted by Crippen LogP contribution is -2.27. The van der Waals surface area contributed by atoms with Crippen LogP contribution in [0.4, 0.5) is 17.1 Å². The molecular weight excluding hydrogens is 318 g/mol. The maximum atomic E-state index is 12.5. The number of methoxy groups -OCH3 is 2. The first kappa shape index (κ1) is 17.0. The van der Waals surface area contributed by atoms with Gasteiger partial charge >= 0.3 is 0 Å². The number of hydrogen-bond donors (Lipinski definition) is 2. The van der Waals surface area contributed by atoms with Crippen LogP contribution in [0.1, 0.15) is 23.2 Å². The average molecular weight is 341 g/mol. The van der Waals surface area contributed by atoms with Crippen LogP contribution in [0.2, 0.25) is 0 Å². The fourth-order valence-electron chi connectivity index (χ4n) is 2.96. The van der Waals surface area contributed by atoms with Crippen molar-refractivity contribution in [3.63, 3.8) is 0 Å². The van der Waals surface area contributed by atoms with Crippen molar-refractivity contribution in [1.29, 1.82) is 0 Å². The molecule has 3 N–H and O–H groups in total. The molecule has 0 radical (unpaired) electrons. The molecule has 0 spiro atoms. The second-order valence-corrected chi connectivity index (χ2v) is 5.99. The monoisotopic (exact) mass is 341 g/mol. The normalized spacial score (nSPS) is 13.6. The summed E-state index contributed by atoms with van der Waals surface area (Å²) in [7, 11) is 3.21. The molecule has 132 valence electrons. The Hall–Kier alpha value is -2.89. The molecule has 2 aromatic rings. The maximum Gasteiger partial charge on any atom is 0.253 e. The van der Waals surface area contributed by atoms with Gasteiger partial charge in [-0.2, -0.15) is 0 Å². The van der Waals surface area contributed by atoms with Crippen LogP contribution in [0, 0.1) is 0 Å². The summed E-state index contributed by atoms with van der Waals surface area (Å²) in [5.74, 6) is 1.40. The van der Waals surface area contributed by atoms with Crippen LogP contribution in [0.5, 0.6) is 11.5 Å². The standard InChI is InChI=1S/C19H23N3O3/c1-24-14-6-8-17(18(12-14)25-2)21-16-7-5-13(11-15(16)20)19(23)22-9-3-4-10-22/h5-8,11-12,21H,3-4,9-10,20H2,1-2H3. The summed E-state index contributed by atoms with van der Waals surface area (Å²) in [6, 6.07) is 10.8. The van der Waals surface area contributed by atoms with Crippen molar-refractivity contribution in [3.05, 3.63) is 42.0 Å². The number of nitrogens with one attached hydrogen (secondary N) is 1. The van der Waals surface area contributed by atoms with Crippen molar-refractivity contribution in [2.45, 2.75) is 12.8 Å². The van der Waals surface area contributed by atoms with E-state index in [2.05, 4.69) is 5.32 Å². The molecule has 0 aliphatic carbocycles. The van der Waals surface area contributed by atoms with E-state index in [0.717, 1.165) is 37.3 Å². The number of carbonyl (C=O) groups excluding carboxylic acids is 1. The number of carbonyl (C=O) groups is 1. The predicted molar refractivity (Wildman–Crippen MR) is 98.8 cm³/mol. The number of ether oxygens (including phenoxy) is 2. The van der Waals surface area contributed by atoms with Gasteiger partial charge < -0.3 is 25.4 Å². The lowest BCUT2D eigenvalue weighted by Gasteiger charge is -2.17. The third-order valence-electron chi connectivity index (χ3n) is 4.37. The van der Waals surface area contributed by atoms with Crippen LogP contribution in [0.15, 0.2) is 36.4 Å². The Morgan fingerprint density at radius 1 is 1.04 bits per heavy atom. The predicted octanol–water partition coefficient (Wildman–Crippen LogP) is 3.27. The Balaban J connectivity index is 1.81. The fourth-order valence-corrected chi connectivity index (χ4v) is 2.96. The van der Waals surface area contributed by atoms with E-state index in [1.165, 1.54) is 0 Å².